The fraction of sp³-hybridized carbons (Fsp3) is 0.600. The zero-order valence-corrected chi connectivity index (χ0v) is 10.5. The van der Waals surface area contributed by atoms with Crippen molar-refractivity contribution in [1.82, 2.24) is 4.90 Å². The van der Waals surface area contributed by atoms with Gasteiger partial charge in [-0.15, -0.1) is 0 Å². The van der Waals surface area contributed by atoms with Crippen LogP contribution in [0.2, 0.25) is 0 Å². The van der Waals surface area contributed by atoms with Gasteiger partial charge < -0.3 is 5.73 Å². The summed E-state index contributed by atoms with van der Waals surface area (Å²) in [6, 6.07) is 7.69. The number of rotatable bonds is 3. The van der Waals surface area contributed by atoms with Gasteiger partial charge in [0.1, 0.15) is 0 Å². The highest BCUT2D eigenvalue weighted by atomic mass is 15.2. The second-order valence-electron chi connectivity index (χ2n) is 5.46. The summed E-state index contributed by atoms with van der Waals surface area (Å²) in [6.45, 7) is 3.12. The largest absolute Gasteiger partial charge is 0.329 e. The van der Waals surface area contributed by atoms with Gasteiger partial charge in [0, 0.05) is 19.1 Å². The van der Waals surface area contributed by atoms with Gasteiger partial charge in [0.15, 0.2) is 0 Å². The second-order valence-corrected chi connectivity index (χ2v) is 5.46. The third-order valence-corrected chi connectivity index (χ3v) is 4.32. The minimum Gasteiger partial charge on any atom is -0.329 e. The Morgan fingerprint density at radius 2 is 2.06 bits per heavy atom. The summed E-state index contributed by atoms with van der Waals surface area (Å²) in [5, 5.41) is 0. The van der Waals surface area contributed by atoms with Crippen molar-refractivity contribution in [2.75, 3.05) is 13.1 Å². The molecule has 0 bridgehead atoms. The van der Waals surface area contributed by atoms with Crippen LogP contribution in [0.4, 0.5) is 0 Å². The van der Waals surface area contributed by atoms with Crippen LogP contribution in [0.5, 0.6) is 0 Å². The second kappa shape index (κ2) is 4.79. The Morgan fingerprint density at radius 3 is 2.94 bits per heavy atom. The van der Waals surface area contributed by atoms with Crippen LogP contribution in [0.15, 0.2) is 18.2 Å². The topological polar surface area (TPSA) is 29.3 Å². The number of nitrogens with two attached hydrogens (primary N) is 1. The van der Waals surface area contributed by atoms with Crippen LogP contribution in [0, 0.1) is 0 Å². The van der Waals surface area contributed by atoms with Crippen LogP contribution in [0.25, 0.3) is 0 Å². The lowest BCUT2D eigenvalue weighted by Crippen LogP contribution is -2.34. The normalized spacial score (nSPS) is 24.2. The van der Waals surface area contributed by atoms with E-state index in [-0.39, 0.29) is 0 Å². The first-order valence-electron chi connectivity index (χ1n) is 6.91. The highest BCUT2D eigenvalue weighted by molar-refractivity contribution is 5.35. The van der Waals surface area contributed by atoms with E-state index < -0.39 is 0 Å². The number of likely N-dealkylation sites (tertiary alicyclic amines) is 1. The molecule has 17 heavy (non-hydrogen) atoms. The lowest BCUT2D eigenvalue weighted by molar-refractivity contribution is 0.250. The zero-order valence-electron chi connectivity index (χ0n) is 10.5. The number of hydrogen-bond donors (Lipinski definition) is 1. The maximum absolute atomic E-state index is 5.83. The first kappa shape index (κ1) is 11.2. The molecule has 2 N–H and O–H groups in total. The average Bonchev–Trinajstić information content (AvgIpc) is 2.96. The molecule has 2 nitrogen and oxygen atoms in total. The Bertz CT molecular complexity index is 400. The molecular weight excluding hydrogens is 208 g/mol. The summed E-state index contributed by atoms with van der Waals surface area (Å²) in [7, 11) is 0. The first-order chi connectivity index (χ1) is 8.36. The Hall–Kier alpha value is -0.860. The van der Waals surface area contributed by atoms with E-state index in [1.165, 1.54) is 44.2 Å². The SMILES string of the molecule is NCC1CCCN1Cc1ccc2c(c1)CCC2. The molecule has 1 aromatic rings. The summed E-state index contributed by atoms with van der Waals surface area (Å²) in [4.78, 5) is 2.55. The Morgan fingerprint density at radius 1 is 1.18 bits per heavy atom. The fourth-order valence-electron chi connectivity index (χ4n) is 3.33. The van der Waals surface area contributed by atoms with Gasteiger partial charge in [0.2, 0.25) is 0 Å². The number of hydrogen-bond acceptors (Lipinski definition) is 2. The van der Waals surface area contributed by atoms with Gasteiger partial charge in [-0.05, 0) is 55.3 Å². The van der Waals surface area contributed by atoms with Gasteiger partial charge in [-0.3, -0.25) is 4.90 Å². The van der Waals surface area contributed by atoms with Crippen molar-refractivity contribution in [1.29, 1.82) is 0 Å². The monoisotopic (exact) mass is 230 g/mol. The molecular formula is C15H22N2. The van der Waals surface area contributed by atoms with E-state index in [0.29, 0.717) is 6.04 Å². The predicted octanol–water partition coefficient (Wildman–Crippen LogP) is 2.10. The molecule has 92 valence electrons. The van der Waals surface area contributed by atoms with E-state index in [2.05, 4.69) is 23.1 Å². The van der Waals surface area contributed by atoms with Crippen molar-refractivity contribution in [3.63, 3.8) is 0 Å². The molecule has 1 aromatic carbocycles. The van der Waals surface area contributed by atoms with Crippen molar-refractivity contribution in [3.05, 3.63) is 34.9 Å². The number of nitrogens with zero attached hydrogens (tertiary/aromatic N) is 1. The smallest absolute Gasteiger partial charge is 0.0237 e. The molecule has 3 rings (SSSR count). The van der Waals surface area contributed by atoms with Gasteiger partial charge in [-0.25, -0.2) is 0 Å². The molecule has 1 aliphatic heterocycles. The van der Waals surface area contributed by atoms with E-state index in [9.17, 15) is 0 Å². The highest BCUT2D eigenvalue weighted by Crippen LogP contribution is 2.25. The van der Waals surface area contributed by atoms with Gasteiger partial charge in [-0.2, -0.15) is 0 Å². The Labute approximate surface area is 104 Å². The lowest BCUT2D eigenvalue weighted by atomic mass is 10.1. The molecule has 0 saturated carbocycles. The van der Waals surface area contributed by atoms with Crippen molar-refractivity contribution in [2.24, 2.45) is 5.73 Å². The predicted molar refractivity (Wildman–Crippen MR) is 71.0 cm³/mol. The van der Waals surface area contributed by atoms with Crippen molar-refractivity contribution >= 4 is 0 Å². The fourth-order valence-corrected chi connectivity index (χ4v) is 3.33. The molecule has 1 heterocycles. The minimum absolute atomic E-state index is 0.614. The van der Waals surface area contributed by atoms with Gasteiger partial charge in [0.05, 0.1) is 0 Å². The molecule has 0 aromatic heterocycles. The average molecular weight is 230 g/mol. The summed E-state index contributed by atoms with van der Waals surface area (Å²) < 4.78 is 0. The van der Waals surface area contributed by atoms with Crippen LogP contribution in [-0.4, -0.2) is 24.0 Å². The van der Waals surface area contributed by atoms with Crippen LogP contribution in [-0.2, 0) is 19.4 Å². The van der Waals surface area contributed by atoms with Gasteiger partial charge in [-0.1, -0.05) is 18.2 Å². The summed E-state index contributed by atoms with van der Waals surface area (Å²) in [5.74, 6) is 0. The van der Waals surface area contributed by atoms with Gasteiger partial charge in [0.25, 0.3) is 0 Å². The lowest BCUT2D eigenvalue weighted by Gasteiger charge is -2.23. The highest BCUT2D eigenvalue weighted by Gasteiger charge is 2.23. The van der Waals surface area contributed by atoms with Crippen molar-refractivity contribution < 1.29 is 0 Å². The molecule has 2 aliphatic rings. The van der Waals surface area contributed by atoms with E-state index in [4.69, 9.17) is 5.73 Å². The van der Waals surface area contributed by atoms with E-state index in [0.717, 1.165) is 13.1 Å². The number of aryl methyl sites for hydroxylation is 2. The minimum atomic E-state index is 0.614. The quantitative estimate of drug-likeness (QED) is 0.861. The van der Waals surface area contributed by atoms with Crippen LogP contribution in [0.1, 0.15) is 36.0 Å². The Kier molecular flexibility index (Phi) is 3.17. The Balaban J connectivity index is 1.72. The van der Waals surface area contributed by atoms with Crippen molar-refractivity contribution in [2.45, 2.75) is 44.7 Å². The van der Waals surface area contributed by atoms with Gasteiger partial charge >= 0.3 is 0 Å². The van der Waals surface area contributed by atoms with E-state index in [1.54, 1.807) is 11.1 Å². The molecule has 1 fully saturated rings. The maximum atomic E-state index is 5.83. The summed E-state index contributed by atoms with van der Waals surface area (Å²) in [6.07, 6.45) is 6.50. The standard InChI is InChI=1S/C15H22N2/c16-10-15-5-2-8-17(15)11-12-6-7-13-3-1-4-14(13)9-12/h6-7,9,15H,1-5,8,10-11,16H2. The van der Waals surface area contributed by atoms with E-state index >= 15 is 0 Å². The maximum Gasteiger partial charge on any atom is 0.0237 e. The zero-order chi connectivity index (χ0) is 11.7. The van der Waals surface area contributed by atoms with E-state index in [1.807, 2.05) is 0 Å². The van der Waals surface area contributed by atoms with Crippen LogP contribution < -0.4 is 5.73 Å². The van der Waals surface area contributed by atoms with Crippen LogP contribution >= 0.6 is 0 Å². The number of fused-ring (bicyclic) bond motifs is 1. The summed E-state index contributed by atoms with van der Waals surface area (Å²) in [5.41, 5.74) is 10.5. The number of benzene rings is 1. The first-order valence-corrected chi connectivity index (χ1v) is 6.91. The molecule has 0 spiro atoms. The molecule has 1 saturated heterocycles. The molecule has 1 atom stereocenters. The molecule has 1 aliphatic carbocycles. The molecule has 0 amide bonds. The third-order valence-electron chi connectivity index (χ3n) is 4.32. The third kappa shape index (κ3) is 2.24. The summed E-state index contributed by atoms with van der Waals surface area (Å²) >= 11 is 0. The molecule has 1 unspecified atom stereocenters. The molecule has 0 radical (unpaired) electrons. The van der Waals surface area contributed by atoms with Crippen LogP contribution in [0.3, 0.4) is 0 Å². The molecule has 2 heteroatoms. The van der Waals surface area contributed by atoms with Crippen molar-refractivity contribution in [3.8, 4) is 0 Å².